The molecule has 32 heavy (non-hydrogen) atoms. The molecule has 6 nitrogen and oxygen atoms in total. The van der Waals surface area contributed by atoms with Crippen molar-refractivity contribution in [2.45, 2.75) is 44.9 Å². The van der Waals surface area contributed by atoms with E-state index in [9.17, 15) is 4.79 Å². The van der Waals surface area contributed by atoms with Crippen LogP contribution in [0.4, 0.5) is 0 Å². The SMILES string of the molecule is O=CNCc1ccc(CN(Cc2nc3ccccc3[nH]2)C2CCCc3cccnc32)cc1. The van der Waals surface area contributed by atoms with Crippen molar-refractivity contribution < 1.29 is 4.79 Å². The first kappa shape index (κ1) is 20.4. The fraction of sp³-hybridized carbons (Fsp3) is 0.269. The normalized spacial score (nSPS) is 15.6. The number of imidazole rings is 1. The molecule has 162 valence electrons. The van der Waals surface area contributed by atoms with Crippen LogP contribution in [-0.4, -0.2) is 26.3 Å². The lowest BCUT2D eigenvalue weighted by Gasteiger charge is -2.34. The van der Waals surface area contributed by atoms with Crippen molar-refractivity contribution in [1.29, 1.82) is 0 Å². The number of hydrogen-bond acceptors (Lipinski definition) is 4. The second-order valence-electron chi connectivity index (χ2n) is 8.38. The largest absolute Gasteiger partial charge is 0.355 e. The third-order valence-corrected chi connectivity index (χ3v) is 6.20. The van der Waals surface area contributed by atoms with Gasteiger partial charge in [0.2, 0.25) is 6.41 Å². The molecule has 0 radical (unpaired) electrons. The van der Waals surface area contributed by atoms with Gasteiger partial charge in [-0.1, -0.05) is 42.5 Å². The number of nitrogens with one attached hydrogen (secondary N) is 2. The summed E-state index contributed by atoms with van der Waals surface area (Å²) in [4.78, 5) is 26.2. The maximum absolute atomic E-state index is 10.6. The summed E-state index contributed by atoms with van der Waals surface area (Å²) in [6.07, 6.45) is 5.99. The van der Waals surface area contributed by atoms with Crippen molar-refractivity contribution in [2.75, 3.05) is 0 Å². The molecule has 6 heteroatoms. The van der Waals surface area contributed by atoms with Crippen molar-refractivity contribution in [3.8, 4) is 0 Å². The average molecular weight is 426 g/mol. The number of aryl methyl sites for hydroxylation is 1. The first-order valence-electron chi connectivity index (χ1n) is 11.2. The lowest BCUT2D eigenvalue weighted by molar-refractivity contribution is -0.109. The van der Waals surface area contributed by atoms with E-state index >= 15 is 0 Å². The van der Waals surface area contributed by atoms with Crippen LogP contribution < -0.4 is 5.32 Å². The summed E-state index contributed by atoms with van der Waals surface area (Å²) in [5, 5.41) is 2.72. The number of carbonyl (C=O) groups excluding carboxylic acids is 1. The number of pyridine rings is 1. The van der Waals surface area contributed by atoms with E-state index in [0.29, 0.717) is 6.54 Å². The van der Waals surface area contributed by atoms with Gasteiger partial charge in [0.15, 0.2) is 0 Å². The second kappa shape index (κ2) is 9.32. The van der Waals surface area contributed by atoms with E-state index in [-0.39, 0.29) is 6.04 Å². The Morgan fingerprint density at radius 1 is 1.03 bits per heavy atom. The molecule has 0 saturated heterocycles. The highest BCUT2D eigenvalue weighted by Crippen LogP contribution is 2.34. The number of benzene rings is 2. The van der Waals surface area contributed by atoms with Crippen molar-refractivity contribution >= 4 is 17.4 Å². The Hall–Kier alpha value is -3.51. The first-order chi connectivity index (χ1) is 15.8. The molecule has 0 spiro atoms. The second-order valence-corrected chi connectivity index (χ2v) is 8.38. The van der Waals surface area contributed by atoms with Crippen LogP contribution in [-0.2, 0) is 30.8 Å². The van der Waals surface area contributed by atoms with E-state index in [1.807, 2.05) is 30.5 Å². The van der Waals surface area contributed by atoms with E-state index in [0.717, 1.165) is 61.2 Å². The molecule has 2 aromatic heterocycles. The van der Waals surface area contributed by atoms with Gasteiger partial charge in [0, 0.05) is 19.3 Å². The van der Waals surface area contributed by atoms with E-state index in [4.69, 9.17) is 9.97 Å². The third-order valence-electron chi connectivity index (χ3n) is 6.20. The molecule has 0 aliphatic heterocycles. The highest BCUT2D eigenvalue weighted by Gasteiger charge is 2.28. The van der Waals surface area contributed by atoms with Crippen molar-refractivity contribution in [3.05, 3.63) is 95.1 Å². The molecule has 1 unspecified atom stereocenters. The molecule has 1 atom stereocenters. The van der Waals surface area contributed by atoms with Crippen LogP contribution in [0.25, 0.3) is 11.0 Å². The van der Waals surface area contributed by atoms with Gasteiger partial charge in [-0.3, -0.25) is 14.7 Å². The minimum Gasteiger partial charge on any atom is -0.355 e. The zero-order valence-electron chi connectivity index (χ0n) is 18.0. The van der Waals surface area contributed by atoms with E-state index in [1.165, 1.54) is 16.8 Å². The Labute approximate surface area is 187 Å². The highest BCUT2D eigenvalue weighted by atomic mass is 16.1. The summed E-state index contributed by atoms with van der Waals surface area (Å²) in [5.74, 6) is 0.973. The molecular weight excluding hydrogens is 398 g/mol. The van der Waals surface area contributed by atoms with E-state index in [2.05, 4.69) is 51.6 Å². The topological polar surface area (TPSA) is 73.9 Å². The Morgan fingerprint density at radius 2 is 1.88 bits per heavy atom. The molecule has 0 bridgehead atoms. The minimum absolute atomic E-state index is 0.254. The standard InChI is InChI=1S/C26H27N5O/c32-18-27-15-19-10-12-20(13-11-19)16-31(17-25-29-22-7-1-2-8-23(22)30-25)24-9-3-5-21-6-4-14-28-26(21)24/h1-2,4,6-8,10-14,18,24H,3,5,9,15-17H2,(H,27,32)(H,29,30). The number of nitrogens with zero attached hydrogens (tertiary/aromatic N) is 3. The zero-order chi connectivity index (χ0) is 21.8. The molecule has 2 heterocycles. The van der Waals surface area contributed by atoms with Crippen LogP contribution in [0.5, 0.6) is 0 Å². The molecule has 1 aliphatic carbocycles. The maximum Gasteiger partial charge on any atom is 0.207 e. The molecule has 0 saturated carbocycles. The fourth-order valence-electron chi connectivity index (χ4n) is 4.65. The number of para-hydroxylation sites is 2. The molecule has 1 amide bonds. The lowest BCUT2D eigenvalue weighted by Crippen LogP contribution is -2.31. The number of amides is 1. The molecule has 5 rings (SSSR count). The monoisotopic (exact) mass is 425 g/mol. The number of aromatic nitrogens is 3. The smallest absolute Gasteiger partial charge is 0.207 e. The van der Waals surface area contributed by atoms with Gasteiger partial charge in [-0.25, -0.2) is 4.98 Å². The number of hydrogen-bond donors (Lipinski definition) is 2. The summed E-state index contributed by atoms with van der Waals surface area (Å²) in [6.45, 7) is 2.08. The molecule has 1 aliphatic rings. The van der Waals surface area contributed by atoms with E-state index in [1.54, 1.807) is 0 Å². The molecule has 2 aromatic carbocycles. The first-order valence-corrected chi connectivity index (χ1v) is 11.2. The predicted molar refractivity (Wildman–Crippen MR) is 125 cm³/mol. The Kier molecular flexibility index (Phi) is 5.94. The van der Waals surface area contributed by atoms with Crippen molar-refractivity contribution in [1.82, 2.24) is 25.2 Å². The van der Waals surface area contributed by atoms with E-state index < -0.39 is 0 Å². The molecular formula is C26H27N5O. The maximum atomic E-state index is 10.6. The molecule has 2 N–H and O–H groups in total. The number of fused-ring (bicyclic) bond motifs is 2. The average Bonchev–Trinajstić information content (AvgIpc) is 3.25. The number of rotatable bonds is 8. The third kappa shape index (κ3) is 4.41. The van der Waals surface area contributed by atoms with Gasteiger partial charge in [0.05, 0.1) is 29.3 Å². The van der Waals surface area contributed by atoms with Gasteiger partial charge >= 0.3 is 0 Å². The van der Waals surface area contributed by atoms with Crippen LogP contribution in [0, 0.1) is 0 Å². The van der Waals surface area contributed by atoms with Gasteiger partial charge in [-0.15, -0.1) is 0 Å². The van der Waals surface area contributed by atoms with Crippen LogP contribution in [0.15, 0.2) is 66.9 Å². The zero-order valence-corrected chi connectivity index (χ0v) is 18.0. The van der Waals surface area contributed by atoms with Gasteiger partial charge in [0.1, 0.15) is 5.82 Å². The fourth-order valence-corrected chi connectivity index (χ4v) is 4.65. The lowest BCUT2D eigenvalue weighted by atomic mass is 9.90. The van der Waals surface area contributed by atoms with Crippen LogP contribution in [0.2, 0.25) is 0 Å². The summed E-state index contributed by atoms with van der Waals surface area (Å²) >= 11 is 0. The summed E-state index contributed by atoms with van der Waals surface area (Å²) in [5.41, 5.74) is 6.94. The molecule has 4 aromatic rings. The summed E-state index contributed by atoms with van der Waals surface area (Å²) in [6, 6.07) is 21.1. The summed E-state index contributed by atoms with van der Waals surface area (Å²) < 4.78 is 0. The predicted octanol–water partition coefficient (Wildman–Crippen LogP) is 4.28. The van der Waals surface area contributed by atoms with Crippen LogP contribution in [0.3, 0.4) is 0 Å². The van der Waals surface area contributed by atoms with Gasteiger partial charge in [0.25, 0.3) is 0 Å². The highest BCUT2D eigenvalue weighted by molar-refractivity contribution is 5.74. The number of aromatic amines is 1. The van der Waals surface area contributed by atoms with Gasteiger partial charge in [-0.2, -0.15) is 0 Å². The Balaban J connectivity index is 1.44. The quantitative estimate of drug-likeness (QED) is 0.413. The Bertz CT molecular complexity index is 1170. The van der Waals surface area contributed by atoms with Crippen molar-refractivity contribution in [2.24, 2.45) is 0 Å². The van der Waals surface area contributed by atoms with Gasteiger partial charge in [-0.05, 0) is 54.2 Å². The van der Waals surface area contributed by atoms with Crippen molar-refractivity contribution in [3.63, 3.8) is 0 Å². The minimum atomic E-state index is 0.254. The Morgan fingerprint density at radius 3 is 2.72 bits per heavy atom. The molecule has 0 fully saturated rings. The van der Waals surface area contributed by atoms with Crippen LogP contribution >= 0.6 is 0 Å². The van der Waals surface area contributed by atoms with Gasteiger partial charge < -0.3 is 10.3 Å². The van der Waals surface area contributed by atoms with Crippen LogP contribution in [0.1, 0.15) is 47.1 Å². The number of carbonyl (C=O) groups is 1. The number of H-pyrrole nitrogens is 1. The summed E-state index contributed by atoms with van der Waals surface area (Å²) in [7, 11) is 0.